The fraction of sp³-hybridized carbons (Fsp3) is 0.538. The van der Waals surface area contributed by atoms with E-state index in [4.69, 9.17) is 4.74 Å². The third-order valence-electron chi connectivity index (χ3n) is 3.04. The molecule has 1 unspecified atom stereocenters. The summed E-state index contributed by atoms with van der Waals surface area (Å²) in [4.78, 5) is 0. The van der Waals surface area contributed by atoms with Crippen molar-refractivity contribution in [1.82, 2.24) is 5.32 Å². The van der Waals surface area contributed by atoms with Gasteiger partial charge in [0.05, 0.1) is 18.1 Å². The lowest BCUT2D eigenvalue weighted by Gasteiger charge is -2.11. The highest BCUT2D eigenvalue weighted by Gasteiger charge is 2.27. The number of hydrogen-bond donors (Lipinski definition) is 1. The van der Waals surface area contributed by atoms with Crippen molar-refractivity contribution in [2.45, 2.75) is 25.9 Å². The summed E-state index contributed by atoms with van der Waals surface area (Å²) in [6.07, 6.45) is 0.716. The molecule has 1 saturated heterocycles. The van der Waals surface area contributed by atoms with Crippen LogP contribution in [-0.4, -0.2) is 32.6 Å². The Morgan fingerprint density at radius 3 is 2.94 bits per heavy atom. The second-order valence-electron chi connectivity index (χ2n) is 4.56. The lowest BCUT2D eigenvalue weighted by molar-refractivity contribution is 0.339. The van der Waals surface area contributed by atoms with Crippen LogP contribution in [-0.2, 0) is 16.4 Å². The van der Waals surface area contributed by atoms with Crippen molar-refractivity contribution in [1.29, 1.82) is 0 Å². The minimum absolute atomic E-state index is 0.0887. The van der Waals surface area contributed by atoms with Crippen molar-refractivity contribution >= 4 is 9.84 Å². The number of ether oxygens (including phenoxy) is 1. The highest BCUT2D eigenvalue weighted by molar-refractivity contribution is 7.91. The van der Waals surface area contributed by atoms with Crippen LogP contribution in [0.4, 0.5) is 0 Å². The summed E-state index contributed by atoms with van der Waals surface area (Å²) in [5.74, 6) is 1.43. The Hall–Kier alpha value is -1.07. The molecule has 0 amide bonds. The van der Waals surface area contributed by atoms with Gasteiger partial charge in [-0.25, -0.2) is 8.42 Å². The molecule has 1 atom stereocenters. The Morgan fingerprint density at radius 1 is 1.44 bits per heavy atom. The van der Waals surface area contributed by atoms with Gasteiger partial charge in [0, 0.05) is 12.6 Å². The van der Waals surface area contributed by atoms with Crippen molar-refractivity contribution in [3.63, 3.8) is 0 Å². The molecule has 5 heteroatoms. The summed E-state index contributed by atoms with van der Waals surface area (Å²) in [5, 5.41) is 3.29. The second kappa shape index (κ2) is 5.71. The van der Waals surface area contributed by atoms with Crippen molar-refractivity contribution < 1.29 is 13.2 Å². The first-order valence-corrected chi connectivity index (χ1v) is 8.07. The minimum atomic E-state index is -2.80. The Bertz CT molecular complexity index is 499. The van der Waals surface area contributed by atoms with Gasteiger partial charge in [-0.3, -0.25) is 0 Å². The molecule has 0 aliphatic carbocycles. The van der Waals surface area contributed by atoms with Gasteiger partial charge >= 0.3 is 0 Å². The van der Waals surface area contributed by atoms with E-state index in [0.717, 1.165) is 11.3 Å². The van der Waals surface area contributed by atoms with E-state index in [9.17, 15) is 8.42 Å². The molecule has 1 N–H and O–H groups in total. The number of rotatable bonds is 5. The van der Waals surface area contributed by atoms with Gasteiger partial charge in [-0.15, -0.1) is 0 Å². The van der Waals surface area contributed by atoms with Crippen LogP contribution in [0.1, 0.15) is 18.9 Å². The molecule has 0 spiro atoms. The van der Waals surface area contributed by atoms with Gasteiger partial charge in [0.25, 0.3) is 0 Å². The molecule has 0 bridgehead atoms. The quantitative estimate of drug-likeness (QED) is 0.877. The molecule has 1 heterocycles. The molecule has 1 fully saturated rings. The average Bonchev–Trinajstić information content (AvgIpc) is 2.68. The van der Waals surface area contributed by atoms with E-state index in [2.05, 4.69) is 5.32 Å². The molecule has 2 rings (SSSR count). The first kappa shape index (κ1) is 13.4. The SMILES string of the molecule is CCOc1cccc(CNC2CCS(=O)(=O)C2)c1. The Labute approximate surface area is 108 Å². The van der Waals surface area contributed by atoms with E-state index >= 15 is 0 Å². The highest BCUT2D eigenvalue weighted by Crippen LogP contribution is 2.15. The molecular formula is C13H19NO3S. The molecule has 1 aromatic rings. The van der Waals surface area contributed by atoms with Crippen LogP contribution in [0.15, 0.2) is 24.3 Å². The first-order valence-electron chi connectivity index (χ1n) is 6.24. The van der Waals surface area contributed by atoms with Gasteiger partial charge in [0.2, 0.25) is 0 Å². The standard InChI is InChI=1S/C13H19NO3S/c1-2-17-13-5-3-4-11(8-13)9-14-12-6-7-18(15,16)10-12/h3-5,8,12,14H,2,6-7,9-10H2,1H3. The Kier molecular flexibility index (Phi) is 4.24. The topological polar surface area (TPSA) is 55.4 Å². The van der Waals surface area contributed by atoms with Gasteiger partial charge in [-0.05, 0) is 31.0 Å². The summed E-state index contributed by atoms with van der Waals surface area (Å²) >= 11 is 0. The maximum absolute atomic E-state index is 11.3. The predicted molar refractivity (Wildman–Crippen MR) is 71.5 cm³/mol. The summed E-state index contributed by atoms with van der Waals surface area (Å²) in [5.41, 5.74) is 1.12. The normalized spacial score (nSPS) is 21.9. The number of sulfone groups is 1. The van der Waals surface area contributed by atoms with Crippen LogP contribution in [0.3, 0.4) is 0 Å². The molecule has 0 aromatic heterocycles. The van der Waals surface area contributed by atoms with Crippen LogP contribution < -0.4 is 10.1 Å². The molecule has 100 valence electrons. The average molecular weight is 269 g/mol. The fourth-order valence-corrected chi connectivity index (χ4v) is 3.84. The predicted octanol–water partition coefficient (Wildman–Crippen LogP) is 1.36. The molecule has 0 saturated carbocycles. The van der Waals surface area contributed by atoms with E-state index in [0.29, 0.717) is 25.3 Å². The van der Waals surface area contributed by atoms with E-state index in [1.807, 2.05) is 31.2 Å². The largest absolute Gasteiger partial charge is 0.494 e. The molecule has 1 aromatic carbocycles. The minimum Gasteiger partial charge on any atom is -0.494 e. The van der Waals surface area contributed by atoms with Crippen molar-refractivity contribution in [2.24, 2.45) is 0 Å². The molecule has 18 heavy (non-hydrogen) atoms. The molecule has 1 aliphatic rings. The fourth-order valence-electron chi connectivity index (χ4n) is 2.13. The zero-order valence-electron chi connectivity index (χ0n) is 10.6. The third kappa shape index (κ3) is 3.71. The number of benzene rings is 1. The monoisotopic (exact) mass is 269 g/mol. The first-order chi connectivity index (χ1) is 8.59. The van der Waals surface area contributed by atoms with Crippen LogP contribution in [0.25, 0.3) is 0 Å². The molecule has 4 nitrogen and oxygen atoms in total. The Morgan fingerprint density at radius 2 is 2.28 bits per heavy atom. The number of hydrogen-bond acceptors (Lipinski definition) is 4. The lowest BCUT2D eigenvalue weighted by Crippen LogP contribution is -2.29. The third-order valence-corrected chi connectivity index (χ3v) is 4.80. The Balaban J connectivity index is 1.88. The lowest BCUT2D eigenvalue weighted by atomic mass is 10.2. The van der Waals surface area contributed by atoms with Gasteiger partial charge in [0.1, 0.15) is 5.75 Å². The van der Waals surface area contributed by atoms with Gasteiger partial charge in [0.15, 0.2) is 9.84 Å². The van der Waals surface area contributed by atoms with Crippen LogP contribution in [0.2, 0.25) is 0 Å². The zero-order chi connectivity index (χ0) is 13.0. The summed E-state index contributed by atoms with van der Waals surface area (Å²) in [6.45, 7) is 3.28. The van der Waals surface area contributed by atoms with Crippen LogP contribution in [0.5, 0.6) is 5.75 Å². The van der Waals surface area contributed by atoms with E-state index < -0.39 is 9.84 Å². The van der Waals surface area contributed by atoms with E-state index in [1.165, 1.54) is 0 Å². The van der Waals surface area contributed by atoms with Crippen LogP contribution >= 0.6 is 0 Å². The highest BCUT2D eigenvalue weighted by atomic mass is 32.2. The summed E-state index contributed by atoms with van der Waals surface area (Å²) in [7, 11) is -2.80. The van der Waals surface area contributed by atoms with Gasteiger partial charge in [-0.1, -0.05) is 12.1 Å². The maximum atomic E-state index is 11.3. The second-order valence-corrected chi connectivity index (χ2v) is 6.79. The number of nitrogens with one attached hydrogen (secondary N) is 1. The van der Waals surface area contributed by atoms with E-state index in [1.54, 1.807) is 0 Å². The van der Waals surface area contributed by atoms with Gasteiger partial charge < -0.3 is 10.1 Å². The van der Waals surface area contributed by atoms with Crippen molar-refractivity contribution in [3.8, 4) is 5.75 Å². The van der Waals surface area contributed by atoms with Crippen molar-refractivity contribution in [2.75, 3.05) is 18.1 Å². The van der Waals surface area contributed by atoms with Crippen molar-refractivity contribution in [3.05, 3.63) is 29.8 Å². The summed E-state index contributed by atoms with van der Waals surface area (Å²) < 4.78 is 28.1. The molecular weight excluding hydrogens is 250 g/mol. The zero-order valence-corrected chi connectivity index (χ0v) is 11.4. The van der Waals surface area contributed by atoms with Crippen LogP contribution in [0, 0.1) is 0 Å². The summed E-state index contributed by atoms with van der Waals surface area (Å²) in [6, 6.07) is 7.96. The molecule has 0 radical (unpaired) electrons. The van der Waals surface area contributed by atoms with Gasteiger partial charge in [-0.2, -0.15) is 0 Å². The molecule has 1 aliphatic heterocycles. The van der Waals surface area contributed by atoms with E-state index in [-0.39, 0.29) is 11.8 Å². The maximum Gasteiger partial charge on any atom is 0.151 e. The smallest absolute Gasteiger partial charge is 0.151 e.